The molecule has 4 heteroatoms. The first-order valence-corrected chi connectivity index (χ1v) is 12.7. The number of hydrogen-bond donors (Lipinski definition) is 0. The fourth-order valence-corrected chi connectivity index (χ4v) is 7.52. The maximum Gasteiger partial charge on any atom is 0.0715 e. The van der Waals surface area contributed by atoms with E-state index in [0.29, 0.717) is 5.41 Å². The Morgan fingerprint density at radius 2 is 1.60 bits per heavy atom. The van der Waals surface area contributed by atoms with Crippen LogP contribution in [0.1, 0.15) is 35.4 Å². The smallest absolute Gasteiger partial charge is 0.0715 e. The summed E-state index contributed by atoms with van der Waals surface area (Å²) in [6.45, 7) is 11.3. The highest BCUT2D eigenvalue weighted by molar-refractivity contribution is 7.27. The summed E-state index contributed by atoms with van der Waals surface area (Å²) in [5.41, 5.74) is 3.87. The summed E-state index contributed by atoms with van der Waals surface area (Å²) in [6, 6.07) is 15.9. The molecule has 30 heavy (non-hydrogen) atoms. The molecule has 5 rings (SSSR count). The second-order valence-electron chi connectivity index (χ2n) is 9.23. The van der Waals surface area contributed by atoms with Gasteiger partial charge >= 0.3 is 0 Å². The van der Waals surface area contributed by atoms with Gasteiger partial charge in [0, 0.05) is 36.7 Å². The molecule has 5 aromatic rings. The monoisotopic (exact) mass is 447 g/mol. The van der Waals surface area contributed by atoms with Gasteiger partial charge in [-0.05, 0) is 79.1 Å². The Labute approximate surface area is 190 Å². The van der Waals surface area contributed by atoms with Gasteiger partial charge in [0.15, 0.2) is 0 Å². The minimum Gasteiger partial charge on any atom is -0.256 e. The van der Waals surface area contributed by atoms with Crippen LogP contribution < -0.4 is 0 Å². The van der Waals surface area contributed by atoms with E-state index in [4.69, 9.17) is 4.98 Å². The lowest BCUT2D eigenvalue weighted by molar-refractivity contribution is 0.414. The SMILES string of the molecule is Cc1cc2cc(-c3cc(-c4ccc(CC(C)(C)C)s4)ccn3)c3cc(C)sc3c2s1. The summed E-state index contributed by atoms with van der Waals surface area (Å²) in [4.78, 5) is 10.3. The van der Waals surface area contributed by atoms with Crippen LogP contribution in [0.5, 0.6) is 0 Å². The van der Waals surface area contributed by atoms with Crippen molar-refractivity contribution in [3.8, 4) is 21.7 Å². The minimum atomic E-state index is 0.308. The number of pyridine rings is 1. The lowest BCUT2D eigenvalue weighted by atomic mass is 9.92. The van der Waals surface area contributed by atoms with Crippen molar-refractivity contribution < 1.29 is 0 Å². The van der Waals surface area contributed by atoms with Crippen LogP contribution in [0.15, 0.2) is 48.7 Å². The standard InChI is InChI=1S/C26H25NS3/c1-15-10-18-12-20(21-11-16(2)29-25(21)24(18)28-15)22-13-17(8-9-27-22)23-7-6-19(30-23)14-26(3,4)5/h6-13H,14H2,1-5H3. The number of benzene rings is 1. The number of nitrogens with zero attached hydrogens (tertiary/aromatic N) is 1. The van der Waals surface area contributed by atoms with Gasteiger partial charge < -0.3 is 0 Å². The summed E-state index contributed by atoms with van der Waals surface area (Å²) in [5, 5.41) is 2.66. The molecule has 0 atom stereocenters. The molecule has 0 aliphatic rings. The molecule has 4 aromatic heterocycles. The Kier molecular flexibility index (Phi) is 4.85. The summed E-state index contributed by atoms with van der Waals surface area (Å²) in [5.74, 6) is 0. The first-order chi connectivity index (χ1) is 14.3. The summed E-state index contributed by atoms with van der Waals surface area (Å²) < 4.78 is 2.81. The predicted molar refractivity (Wildman–Crippen MR) is 136 cm³/mol. The zero-order chi connectivity index (χ0) is 21.0. The molecule has 0 fully saturated rings. The lowest BCUT2D eigenvalue weighted by Gasteiger charge is -2.16. The van der Waals surface area contributed by atoms with E-state index in [1.54, 1.807) is 0 Å². The third kappa shape index (κ3) is 3.73. The Balaban J connectivity index is 1.63. The minimum absolute atomic E-state index is 0.308. The number of aromatic nitrogens is 1. The van der Waals surface area contributed by atoms with Crippen molar-refractivity contribution in [2.75, 3.05) is 0 Å². The van der Waals surface area contributed by atoms with Gasteiger partial charge in [0.1, 0.15) is 0 Å². The zero-order valence-corrected chi connectivity index (χ0v) is 20.4. The van der Waals surface area contributed by atoms with Crippen molar-refractivity contribution in [3.63, 3.8) is 0 Å². The average Bonchev–Trinajstić information content (AvgIpc) is 3.37. The molecule has 1 aromatic carbocycles. The maximum absolute atomic E-state index is 4.79. The van der Waals surface area contributed by atoms with Crippen LogP contribution >= 0.6 is 34.0 Å². The fraction of sp³-hybridized carbons (Fsp3) is 0.269. The van der Waals surface area contributed by atoms with E-state index in [1.165, 1.54) is 50.8 Å². The number of thiophene rings is 3. The first kappa shape index (κ1) is 19.9. The normalized spacial score (nSPS) is 12.3. The quantitative estimate of drug-likeness (QED) is 0.269. The van der Waals surface area contributed by atoms with E-state index >= 15 is 0 Å². The highest BCUT2D eigenvalue weighted by Crippen LogP contribution is 2.43. The molecule has 0 aliphatic carbocycles. The third-order valence-electron chi connectivity index (χ3n) is 5.22. The van der Waals surface area contributed by atoms with Crippen molar-refractivity contribution in [2.45, 2.75) is 41.0 Å². The van der Waals surface area contributed by atoms with Gasteiger partial charge in [0.25, 0.3) is 0 Å². The molecular formula is C26H25NS3. The van der Waals surface area contributed by atoms with Crippen LogP contribution in [0.2, 0.25) is 0 Å². The molecule has 0 saturated carbocycles. The van der Waals surface area contributed by atoms with Gasteiger partial charge in [-0.15, -0.1) is 34.0 Å². The van der Waals surface area contributed by atoms with E-state index in [9.17, 15) is 0 Å². The largest absolute Gasteiger partial charge is 0.256 e. The fourth-order valence-electron chi connectivity index (χ4n) is 4.03. The van der Waals surface area contributed by atoms with Crippen molar-refractivity contribution in [1.29, 1.82) is 0 Å². The Hall–Kier alpha value is -2.01. The van der Waals surface area contributed by atoms with Crippen LogP contribution in [0.25, 0.3) is 41.9 Å². The maximum atomic E-state index is 4.79. The van der Waals surface area contributed by atoms with Gasteiger partial charge in [-0.3, -0.25) is 4.98 Å². The highest BCUT2D eigenvalue weighted by atomic mass is 32.1. The molecule has 0 amide bonds. The predicted octanol–water partition coefficient (Wildman–Crippen LogP) is 9.11. The van der Waals surface area contributed by atoms with Gasteiger partial charge in [0.05, 0.1) is 15.1 Å². The summed E-state index contributed by atoms with van der Waals surface area (Å²) in [6.07, 6.45) is 3.07. The van der Waals surface area contributed by atoms with E-state index in [2.05, 4.69) is 77.1 Å². The van der Waals surface area contributed by atoms with Crippen LogP contribution in [-0.2, 0) is 6.42 Å². The molecule has 0 saturated heterocycles. The summed E-state index contributed by atoms with van der Waals surface area (Å²) >= 11 is 5.70. The van der Waals surface area contributed by atoms with Gasteiger partial charge in [-0.1, -0.05) is 20.8 Å². The van der Waals surface area contributed by atoms with Crippen molar-refractivity contribution in [1.82, 2.24) is 4.98 Å². The Morgan fingerprint density at radius 1 is 0.833 bits per heavy atom. The number of aryl methyl sites for hydroxylation is 2. The molecular weight excluding hydrogens is 422 g/mol. The number of fused-ring (bicyclic) bond motifs is 3. The average molecular weight is 448 g/mol. The second kappa shape index (κ2) is 7.30. The zero-order valence-electron chi connectivity index (χ0n) is 18.0. The van der Waals surface area contributed by atoms with Crippen molar-refractivity contribution in [3.05, 3.63) is 63.3 Å². The number of rotatable bonds is 3. The molecule has 0 unspecified atom stereocenters. The molecule has 0 bridgehead atoms. The van der Waals surface area contributed by atoms with E-state index in [0.717, 1.165) is 12.1 Å². The summed E-state index contributed by atoms with van der Waals surface area (Å²) in [7, 11) is 0. The van der Waals surface area contributed by atoms with Crippen LogP contribution in [0, 0.1) is 19.3 Å². The van der Waals surface area contributed by atoms with Gasteiger partial charge in [-0.25, -0.2) is 0 Å². The van der Waals surface area contributed by atoms with E-state index < -0.39 is 0 Å². The molecule has 0 aliphatic heterocycles. The molecule has 1 nitrogen and oxygen atoms in total. The molecule has 0 radical (unpaired) electrons. The third-order valence-corrected chi connectivity index (χ3v) is 8.64. The van der Waals surface area contributed by atoms with Crippen LogP contribution in [-0.4, -0.2) is 4.98 Å². The highest BCUT2D eigenvalue weighted by Gasteiger charge is 2.16. The number of hydrogen-bond acceptors (Lipinski definition) is 4. The topological polar surface area (TPSA) is 12.9 Å². The molecule has 152 valence electrons. The van der Waals surface area contributed by atoms with Crippen molar-refractivity contribution in [2.24, 2.45) is 5.41 Å². The molecule has 4 heterocycles. The first-order valence-electron chi connectivity index (χ1n) is 10.3. The molecule has 0 spiro atoms. The Bertz CT molecular complexity index is 1370. The van der Waals surface area contributed by atoms with Gasteiger partial charge in [-0.2, -0.15) is 0 Å². The van der Waals surface area contributed by atoms with E-state index in [-0.39, 0.29) is 0 Å². The molecule has 0 N–H and O–H groups in total. The van der Waals surface area contributed by atoms with Crippen LogP contribution in [0.3, 0.4) is 0 Å². The van der Waals surface area contributed by atoms with Crippen LogP contribution in [0.4, 0.5) is 0 Å². The second-order valence-corrected chi connectivity index (χ2v) is 12.9. The lowest BCUT2D eigenvalue weighted by Crippen LogP contribution is -2.07. The Morgan fingerprint density at radius 3 is 2.40 bits per heavy atom. The van der Waals surface area contributed by atoms with Gasteiger partial charge in [0.2, 0.25) is 0 Å². The van der Waals surface area contributed by atoms with Crippen molar-refractivity contribution >= 4 is 54.2 Å². The van der Waals surface area contributed by atoms with E-state index in [1.807, 2.05) is 40.2 Å².